The largest absolute Gasteiger partial charge is 0.349 e. The number of hydrogen-bond acceptors (Lipinski definition) is 1. The third-order valence-electron chi connectivity index (χ3n) is 1.86. The molecule has 0 fully saturated rings. The van der Waals surface area contributed by atoms with Gasteiger partial charge in [0.25, 0.3) is 0 Å². The molecule has 0 aliphatic rings. The van der Waals surface area contributed by atoms with Gasteiger partial charge in [0.1, 0.15) is 0 Å². The Labute approximate surface area is 99.5 Å². The molecule has 82 valence electrons. The molecule has 1 aromatic carbocycles. The van der Waals surface area contributed by atoms with Crippen LogP contribution in [0.25, 0.3) is 0 Å². The molecule has 15 heavy (non-hydrogen) atoms. The first-order chi connectivity index (χ1) is 7.00. The minimum Gasteiger partial charge on any atom is -0.349 e. The van der Waals surface area contributed by atoms with E-state index in [1.54, 1.807) is 0 Å². The predicted octanol–water partition coefficient (Wildman–Crippen LogP) is 2.56. The van der Waals surface area contributed by atoms with Crippen molar-refractivity contribution in [2.24, 2.45) is 4.99 Å². The molecule has 0 N–H and O–H groups in total. The van der Waals surface area contributed by atoms with E-state index in [-0.39, 0.29) is 0 Å². The third-order valence-corrected chi connectivity index (χ3v) is 2.38. The summed E-state index contributed by atoms with van der Waals surface area (Å²) in [6.45, 7) is 0. The summed E-state index contributed by atoms with van der Waals surface area (Å²) >= 11 is 3.40. The average molecular weight is 270 g/mol. The van der Waals surface area contributed by atoms with Crippen molar-refractivity contribution in [1.29, 1.82) is 0 Å². The van der Waals surface area contributed by atoms with E-state index in [0.717, 1.165) is 16.1 Å². The van der Waals surface area contributed by atoms with Gasteiger partial charge in [0.05, 0.1) is 5.69 Å². The summed E-state index contributed by atoms with van der Waals surface area (Å²) in [6, 6.07) is 7.94. The van der Waals surface area contributed by atoms with Gasteiger partial charge in [-0.3, -0.25) is 0 Å². The normalized spacial score (nSPS) is 9.67. The molecule has 0 radical (unpaired) electrons. The molecule has 0 aliphatic heterocycles. The number of aliphatic imine (C=N–C) groups is 1. The van der Waals surface area contributed by atoms with Crippen LogP contribution in [0.15, 0.2) is 33.7 Å². The zero-order valence-electron chi connectivity index (χ0n) is 9.53. The van der Waals surface area contributed by atoms with Crippen molar-refractivity contribution in [3.05, 3.63) is 28.7 Å². The molecule has 0 unspecified atom stereocenters. The fourth-order valence-corrected chi connectivity index (χ4v) is 1.50. The molecule has 0 atom stereocenters. The van der Waals surface area contributed by atoms with E-state index in [0.29, 0.717) is 0 Å². The van der Waals surface area contributed by atoms with Gasteiger partial charge < -0.3 is 9.80 Å². The van der Waals surface area contributed by atoms with E-state index in [4.69, 9.17) is 0 Å². The summed E-state index contributed by atoms with van der Waals surface area (Å²) in [5.41, 5.74) is 0.954. The van der Waals surface area contributed by atoms with Crippen LogP contribution < -0.4 is 0 Å². The molecule has 0 aliphatic carbocycles. The Morgan fingerprint density at radius 2 is 1.47 bits per heavy atom. The molecular weight excluding hydrogens is 254 g/mol. The van der Waals surface area contributed by atoms with Crippen LogP contribution in [0.3, 0.4) is 0 Å². The van der Waals surface area contributed by atoms with Gasteiger partial charge in [0.2, 0.25) is 5.96 Å². The highest BCUT2D eigenvalue weighted by atomic mass is 79.9. The van der Waals surface area contributed by atoms with Crippen molar-refractivity contribution >= 4 is 27.6 Å². The minimum atomic E-state index is 0.928. The van der Waals surface area contributed by atoms with Crippen LogP contribution in [0.5, 0.6) is 0 Å². The Morgan fingerprint density at radius 3 is 1.87 bits per heavy atom. The summed E-state index contributed by atoms with van der Waals surface area (Å²) in [5.74, 6) is 0.928. The Bertz CT molecular complexity index is 331. The highest BCUT2D eigenvalue weighted by Crippen LogP contribution is 2.17. The first-order valence-corrected chi connectivity index (χ1v) is 5.49. The monoisotopic (exact) mass is 269 g/mol. The minimum absolute atomic E-state index is 0.928. The lowest BCUT2D eigenvalue weighted by atomic mass is 10.3. The van der Waals surface area contributed by atoms with Crippen LogP contribution in [0, 0.1) is 0 Å². The molecule has 0 heterocycles. The predicted molar refractivity (Wildman–Crippen MR) is 68.6 cm³/mol. The van der Waals surface area contributed by atoms with E-state index >= 15 is 0 Å². The van der Waals surface area contributed by atoms with Gasteiger partial charge in [0.15, 0.2) is 0 Å². The number of nitrogens with zero attached hydrogens (tertiary/aromatic N) is 3. The number of benzene rings is 1. The second kappa shape index (κ2) is 5.16. The number of rotatable bonds is 1. The molecule has 0 aromatic heterocycles. The molecule has 1 rings (SSSR count). The zero-order chi connectivity index (χ0) is 11.4. The molecule has 0 amide bonds. The molecule has 0 saturated heterocycles. The van der Waals surface area contributed by atoms with Crippen LogP contribution in [0.1, 0.15) is 0 Å². The lowest BCUT2D eigenvalue weighted by Crippen LogP contribution is -2.35. The van der Waals surface area contributed by atoms with Gasteiger partial charge >= 0.3 is 0 Å². The second-order valence-corrected chi connectivity index (χ2v) is 4.59. The first kappa shape index (κ1) is 12.0. The number of halogens is 1. The topological polar surface area (TPSA) is 18.8 Å². The summed E-state index contributed by atoms with van der Waals surface area (Å²) < 4.78 is 1.07. The van der Waals surface area contributed by atoms with Crippen molar-refractivity contribution < 1.29 is 0 Å². The Hall–Kier alpha value is -1.03. The fourth-order valence-electron chi connectivity index (χ4n) is 1.23. The summed E-state index contributed by atoms with van der Waals surface area (Å²) in [7, 11) is 7.94. The van der Waals surface area contributed by atoms with Gasteiger partial charge in [0, 0.05) is 32.7 Å². The fraction of sp³-hybridized carbons (Fsp3) is 0.364. The smallest absolute Gasteiger partial charge is 0.200 e. The summed E-state index contributed by atoms with van der Waals surface area (Å²) in [6.07, 6.45) is 0. The Kier molecular flexibility index (Phi) is 4.15. The van der Waals surface area contributed by atoms with Gasteiger partial charge in [-0.25, -0.2) is 4.99 Å². The lowest BCUT2D eigenvalue weighted by Gasteiger charge is -2.22. The highest BCUT2D eigenvalue weighted by molar-refractivity contribution is 9.10. The molecule has 0 saturated carbocycles. The Balaban J connectivity index is 2.97. The van der Waals surface area contributed by atoms with Crippen LogP contribution >= 0.6 is 15.9 Å². The van der Waals surface area contributed by atoms with E-state index in [1.165, 1.54) is 0 Å². The van der Waals surface area contributed by atoms with Gasteiger partial charge in [-0.1, -0.05) is 15.9 Å². The van der Waals surface area contributed by atoms with E-state index in [1.807, 2.05) is 62.3 Å². The van der Waals surface area contributed by atoms with Crippen LogP contribution in [0.4, 0.5) is 5.69 Å². The SMILES string of the molecule is CN(C)C(=Nc1ccc(Br)cc1)N(C)C. The third kappa shape index (κ3) is 3.55. The molecule has 1 aromatic rings. The number of guanidine groups is 1. The maximum Gasteiger partial charge on any atom is 0.200 e. The zero-order valence-corrected chi connectivity index (χ0v) is 11.1. The van der Waals surface area contributed by atoms with Gasteiger partial charge in [-0.05, 0) is 24.3 Å². The lowest BCUT2D eigenvalue weighted by molar-refractivity contribution is 0.484. The van der Waals surface area contributed by atoms with Crippen molar-refractivity contribution in [3.63, 3.8) is 0 Å². The second-order valence-electron chi connectivity index (χ2n) is 3.68. The van der Waals surface area contributed by atoms with Gasteiger partial charge in [-0.2, -0.15) is 0 Å². The maximum absolute atomic E-state index is 4.55. The summed E-state index contributed by atoms with van der Waals surface area (Å²) in [4.78, 5) is 8.52. The standard InChI is InChI=1S/C11H16BrN3/c1-14(2)11(15(3)4)13-10-7-5-9(12)6-8-10/h5-8H,1-4H3. The van der Waals surface area contributed by atoms with Crippen LogP contribution in [0.2, 0.25) is 0 Å². The first-order valence-electron chi connectivity index (χ1n) is 4.69. The van der Waals surface area contributed by atoms with Crippen molar-refractivity contribution in [2.75, 3.05) is 28.2 Å². The van der Waals surface area contributed by atoms with Crippen LogP contribution in [-0.4, -0.2) is 44.0 Å². The molecule has 0 spiro atoms. The van der Waals surface area contributed by atoms with E-state index < -0.39 is 0 Å². The van der Waals surface area contributed by atoms with E-state index in [9.17, 15) is 0 Å². The average Bonchev–Trinajstić information content (AvgIpc) is 2.15. The molecule has 0 bridgehead atoms. The Morgan fingerprint density at radius 1 is 1.00 bits per heavy atom. The van der Waals surface area contributed by atoms with Crippen LogP contribution in [-0.2, 0) is 0 Å². The molecule has 3 nitrogen and oxygen atoms in total. The van der Waals surface area contributed by atoms with Gasteiger partial charge in [-0.15, -0.1) is 0 Å². The quantitative estimate of drug-likeness (QED) is 0.577. The van der Waals surface area contributed by atoms with Crippen molar-refractivity contribution in [2.45, 2.75) is 0 Å². The van der Waals surface area contributed by atoms with Crippen molar-refractivity contribution in [3.8, 4) is 0 Å². The summed E-state index contributed by atoms with van der Waals surface area (Å²) in [5, 5.41) is 0. The molecular formula is C11H16BrN3. The molecule has 4 heteroatoms. The van der Waals surface area contributed by atoms with Crippen molar-refractivity contribution in [1.82, 2.24) is 9.80 Å². The van der Waals surface area contributed by atoms with E-state index in [2.05, 4.69) is 20.9 Å². The highest BCUT2D eigenvalue weighted by Gasteiger charge is 2.03. The maximum atomic E-state index is 4.55. The number of hydrogen-bond donors (Lipinski definition) is 0.